The molecular weight excluding hydrogens is 324 g/mol. The van der Waals surface area contributed by atoms with Gasteiger partial charge < -0.3 is 11.1 Å². The largest absolute Gasteiger partial charge is 0.370 e. The van der Waals surface area contributed by atoms with Crippen molar-refractivity contribution < 1.29 is 0 Å². The first-order valence-electron chi connectivity index (χ1n) is 8.69. The number of aryl methyl sites for hydroxylation is 2. The summed E-state index contributed by atoms with van der Waals surface area (Å²) in [7, 11) is 0. The number of pyridine rings is 1. The predicted molar refractivity (Wildman–Crippen MR) is 104 cm³/mol. The minimum Gasteiger partial charge on any atom is -0.370 e. The van der Waals surface area contributed by atoms with Gasteiger partial charge in [-0.2, -0.15) is 5.10 Å². The van der Waals surface area contributed by atoms with Crippen LogP contribution in [0.1, 0.15) is 22.6 Å². The van der Waals surface area contributed by atoms with E-state index in [1.54, 1.807) is 6.20 Å². The molecule has 0 aliphatic rings. The van der Waals surface area contributed by atoms with E-state index >= 15 is 0 Å². The molecule has 26 heavy (non-hydrogen) atoms. The van der Waals surface area contributed by atoms with Crippen LogP contribution < -0.4 is 11.1 Å². The van der Waals surface area contributed by atoms with E-state index in [-0.39, 0.29) is 0 Å². The monoisotopic (exact) mass is 348 g/mol. The molecule has 0 atom stereocenters. The highest BCUT2D eigenvalue weighted by molar-refractivity contribution is 5.77. The van der Waals surface area contributed by atoms with Crippen LogP contribution in [-0.4, -0.2) is 27.3 Å². The van der Waals surface area contributed by atoms with E-state index in [9.17, 15) is 0 Å². The Morgan fingerprint density at radius 1 is 1.15 bits per heavy atom. The van der Waals surface area contributed by atoms with Crippen molar-refractivity contribution in [2.45, 2.75) is 26.8 Å². The quantitative estimate of drug-likeness (QED) is 0.530. The number of para-hydroxylation sites is 1. The Morgan fingerprint density at radius 2 is 1.96 bits per heavy atom. The van der Waals surface area contributed by atoms with E-state index in [0.717, 1.165) is 34.8 Å². The summed E-state index contributed by atoms with van der Waals surface area (Å²) in [5.41, 5.74) is 11.2. The molecule has 0 amide bonds. The van der Waals surface area contributed by atoms with Crippen LogP contribution in [0.25, 0.3) is 5.69 Å². The van der Waals surface area contributed by atoms with Crippen LogP contribution in [0.15, 0.2) is 59.7 Å². The Kier molecular flexibility index (Phi) is 5.63. The normalized spacial score (nSPS) is 11.5. The number of aromatic nitrogens is 3. The van der Waals surface area contributed by atoms with E-state index in [4.69, 9.17) is 5.73 Å². The highest BCUT2D eigenvalue weighted by Crippen LogP contribution is 2.17. The molecule has 0 aliphatic carbocycles. The molecule has 0 spiro atoms. The number of nitrogens with zero attached hydrogens (tertiary/aromatic N) is 4. The third-order valence-electron chi connectivity index (χ3n) is 4.06. The summed E-state index contributed by atoms with van der Waals surface area (Å²) in [5.74, 6) is 0.434. The van der Waals surface area contributed by atoms with Crippen molar-refractivity contribution in [2.24, 2.45) is 10.7 Å². The Balaban J connectivity index is 1.63. The molecule has 3 aromatic rings. The molecule has 2 heterocycles. The van der Waals surface area contributed by atoms with Crippen molar-refractivity contribution in [3.8, 4) is 5.69 Å². The fourth-order valence-corrected chi connectivity index (χ4v) is 2.81. The summed E-state index contributed by atoms with van der Waals surface area (Å²) < 4.78 is 1.95. The van der Waals surface area contributed by atoms with Crippen molar-refractivity contribution in [1.29, 1.82) is 0 Å². The fraction of sp³-hybridized carbons (Fsp3) is 0.250. The summed E-state index contributed by atoms with van der Waals surface area (Å²) in [4.78, 5) is 8.76. The second kappa shape index (κ2) is 8.29. The highest BCUT2D eigenvalue weighted by Gasteiger charge is 2.08. The van der Waals surface area contributed by atoms with Gasteiger partial charge in [-0.15, -0.1) is 0 Å². The molecule has 0 bridgehead atoms. The maximum absolute atomic E-state index is 6.00. The summed E-state index contributed by atoms with van der Waals surface area (Å²) in [6, 6.07) is 16.1. The van der Waals surface area contributed by atoms with Gasteiger partial charge in [0.15, 0.2) is 5.96 Å². The van der Waals surface area contributed by atoms with Gasteiger partial charge >= 0.3 is 0 Å². The SMILES string of the molecule is Cc1cc(C)n(-c2ccccc2CN=C(N)NCCc2ccccn2)n1. The summed E-state index contributed by atoms with van der Waals surface area (Å²) in [6.07, 6.45) is 2.60. The maximum atomic E-state index is 6.00. The lowest BCUT2D eigenvalue weighted by Crippen LogP contribution is -2.33. The lowest BCUT2D eigenvalue weighted by atomic mass is 10.2. The average molecular weight is 348 g/mol. The van der Waals surface area contributed by atoms with Crippen molar-refractivity contribution in [3.63, 3.8) is 0 Å². The van der Waals surface area contributed by atoms with E-state index in [1.807, 2.05) is 48.9 Å². The zero-order chi connectivity index (χ0) is 18.4. The zero-order valence-electron chi connectivity index (χ0n) is 15.2. The molecule has 0 fully saturated rings. The molecular formula is C20H24N6. The third-order valence-corrected chi connectivity index (χ3v) is 4.06. The van der Waals surface area contributed by atoms with Gasteiger partial charge in [0, 0.05) is 30.6 Å². The van der Waals surface area contributed by atoms with E-state index < -0.39 is 0 Å². The number of rotatable bonds is 6. The first-order valence-corrected chi connectivity index (χ1v) is 8.69. The Hall–Kier alpha value is -3.15. The molecule has 1 aromatic carbocycles. The van der Waals surface area contributed by atoms with Gasteiger partial charge in [-0.3, -0.25) is 4.98 Å². The van der Waals surface area contributed by atoms with Gasteiger partial charge in [0.2, 0.25) is 0 Å². The molecule has 134 valence electrons. The standard InChI is InChI=1S/C20H24N6/c1-15-13-16(2)26(25-15)19-9-4-3-7-17(19)14-24-20(21)23-12-10-18-8-5-6-11-22-18/h3-9,11,13H,10,12,14H2,1-2H3,(H3,21,23,24). The molecule has 2 aromatic heterocycles. The summed E-state index contributed by atoms with van der Waals surface area (Å²) in [5, 5.41) is 7.71. The topological polar surface area (TPSA) is 81.1 Å². The van der Waals surface area contributed by atoms with E-state index in [0.29, 0.717) is 19.0 Å². The van der Waals surface area contributed by atoms with Crippen molar-refractivity contribution in [1.82, 2.24) is 20.1 Å². The fourth-order valence-electron chi connectivity index (χ4n) is 2.81. The predicted octanol–water partition coefficient (Wildman–Crippen LogP) is 2.53. The number of hydrogen-bond donors (Lipinski definition) is 2. The lowest BCUT2D eigenvalue weighted by molar-refractivity contribution is 0.810. The number of nitrogens with one attached hydrogen (secondary N) is 1. The lowest BCUT2D eigenvalue weighted by Gasteiger charge is -2.10. The van der Waals surface area contributed by atoms with Gasteiger partial charge in [-0.1, -0.05) is 24.3 Å². The molecule has 3 N–H and O–H groups in total. The number of benzene rings is 1. The van der Waals surface area contributed by atoms with Crippen LogP contribution in [0.4, 0.5) is 0 Å². The summed E-state index contributed by atoms with van der Waals surface area (Å²) >= 11 is 0. The first-order chi connectivity index (χ1) is 12.6. The first kappa shape index (κ1) is 17.7. The Labute approximate surface area is 153 Å². The molecule has 0 saturated heterocycles. The molecule has 0 saturated carbocycles. The van der Waals surface area contributed by atoms with Gasteiger partial charge in [-0.25, -0.2) is 9.67 Å². The molecule has 0 radical (unpaired) electrons. The second-order valence-electron chi connectivity index (χ2n) is 6.17. The van der Waals surface area contributed by atoms with Crippen LogP contribution in [0, 0.1) is 13.8 Å². The summed E-state index contributed by atoms with van der Waals surface area (Å²) in [6.45, 7) is 5.24. The Bertz CT molecular complexity index is 882. The molecule has 0 aliphatic heterocycles. The van der Waals surface area contributed by atoms with Crippen LogP contribution in [0.5, 0.6) is 0 Å². The third kappa shape index (κ3) is 4.47. The van der Waals surface area contributed by atoms with Gasteiger partial charge in [0.25, 0.3) is 0 Å². The van der Waals surface area contributed by atoms with Crippen molar-refractivity contribution in [2.75, 3.05) is 6.54 Å². The second-order valence-corrected chi connectivity index (χ2v) is 6.17. The maximum Gasteiger partial charge on any atom is 0.188 e. The van der Waals surface area contributed by atoms with E-state index in [1.165, 1.54) is 0 Å². The number of hydrogen-bond acceptors (Lipinski definition) is 3. The van der Waals surface area contributed by atoms with Crippen LogP contribution in [0.3, 0.4) is 0 Å². The van der Waals surface area contributed by atoms with Crippen LogP contribution >= 0.6 is 0 Å². The Morgan fingerprint density at radius 3 is 2.69 bits per heavy atom. The molecule has 3 rings (SSSR count). The number of aliphatic imine (C=N–C) groups is 1. The molecule has 6 nitrogen and oxygen atoms in total. The van der Waals surface area contributed by atoms with E-state index in [2.05, 4.69) is 38.6 Å². The molecule has 6 heteroatoms. The smallest absolute Gasteiger partial charge is 0.188 e. The van der Waals surface area contributed by atoms with Gasteiger partial charge in [-0.05, 0) is 43.7 Å². The van der Waals surface area contributed by atoms with Gasteiger partial charge in [0.05, 0.1) is 17.9 Å². The van der Waals surface area contributed by atoms with Crippen molar-refractivity contribution in [3.05, 3.63) is 77.4 Å². The highest BCUT2D eigenvalue weighted by atomic mass is 15.3. The number of guanidine groups is 1. The van der Waals surface area contributed by atoms with Crippen LogP contribution in [0.2, 0.25) is 0 Å². The number of nitrogens with two attached hydrogens (primary N) is 1. The molecule has 0 unspecified atom stereocenters. The van der Waals surface area contributed by atoms with Crippen molar-refractivity contribution >= 4 is 5.96 Å². The minimum absolute atomic E-state index is 0.434. The average Bonchev–Trinajstić information content (AvgIpc) is 2.99. The van der Waals surface area contributed by atoms with Crippen LogP contribution in [-0.2, 0) is 13.0 Å². The minimum atomic E-state index is 0.434. The van der Waals surface area contributed by atoms with Gasteiger partial charge in [0.1, 0.15) is 0 Å². The zero-order valence-corrected chi connectivity index (χ0v) is 15.2.